The maximum Gasteiger partial charge on any atom is 0.231 e. The number of rotatable bonds is 3. The van der Waals surface area contributed by atoms with Crippen molar-refractivity contribution in [2.75, 3.05) is 25.0 Å². The van der Waals surface area contributed by atoms with Crippen LogP contribution in [0.3, 0.4) is 0 Å². The third-order valence-corrected chi connectivity index (χ3v) is 6.02. The molecule has 3 aliphatic rings. The van der Waals surface area contributed by atoms with Crippen LogP contribution in [0, 0.1) is 5.41 Å². The lowest BCUT2D eigenvalue weighted by Crippen LogP contribution is -2.53. The van der Waals surface area contributed by atoms with E-state index in [2.05, 4.69) is 20.3 Å². The molecule has 138 valence electrons. The van der Waals surface area contributed by atoms with E-state index in [-0.39, 0.29) is 11.3 Å². The molecule has 7 heteroatoms. The molecule has 3 saturated heterocycles. The molecule has 3 aliphatic heterocycles. The zero-order chi connectivity index (χ0) is 18.4. The fraction of sp³-hybridized carbons (Fsp3) is 0.400. The molecule has 0 spiro atoms. The molecule has 1 amide bonds. The first kappa shape index (κ1) is 16.4. The first-order chi connectivity index (χ1) is 13.1. The standard InChI is InChI=1S/C20H22N6O/c1-25-13-15(12-22-25)16-3-2-14-11-21-18(10-17(14)23-16)24-19(27)20-4-7-26(8-5-20)9-6-20/h2-3,10-13H,4-9H2,1H3,(H,21,24,27). The summed E-state index contributed by atoms with van der Waals surface area (Å²) in [7, 11) is 1.89. The highest BCUT2D eigenvalue weighted by Crippen LogP contribution is 2.40. The Morgan fingerprint density at radius 2 is 1.93 bits per heavy atom. The van der Waals surface area contributed by atoms with E-state index in [4.69, 9.17) is 4.98 Å². The van der Waals surface area contributed by atoms with Gasteiger partial charge < -0.3 is 10.2 Å². The first-order valence-electron chi connectivity index (χ1n) is 9.41. The fourth-order valence-corrected chi connectivity index (χ4v) is 4.22. The van der Waals surface area contributed by atoms with Crippen LogP contribution in [0.15, 0.2) is 36.8 Å². The second-order valence-corrected chi connectivity index (χ2v) is 7.69. The van der Waals surface area contributed by atoms with Gasteiger partial charge in [-0.25, -0.2) is 9.97 Å². The summed E-state index contributed by atoms with van der Waals surface area (Å²) in [6, 6.07) is 5.83. The molecule has 0 aromatic carbocycles. The summed E-state index contributed by atoms with van der Waals surface area (Å²) in [6.07, 6.45) is 8.33. The number of nitrogens with zero attached hydrogens (tertiary/aromatic N) is 5. The molecular formula is C20H22N6O. The second kappa shape index (κ2) is 6.13. The van der Waals surface area contributed by atoms with Crippen LogP contribution >= 0.6 is 0 Å². The van der Waals surface area contributed by atoms with Crippen molar-refractivity contribution in [3.63, 3.8) is 0 Å². The van der Waals surface area contributed by atoms with Crippen molar-refractivity contribution >= 4 is 22.6 Å². The fourth-order valence-electron chi connectivity index (χ4n) is 4.22. The molecule has 0 atom stereocenters. The topological polar surface area (TPSA) is 75.9 Å². The van der Waals surface area contributed by atoms with Gasteiger partial charge in [-0.05, 0) is 51.0 Å². The molecular weight excluding hydrogens is 340 g/mol. The zero-order valence-corrected chi connectivity index (χ0v) is 15.4. The number of piperidine rings is 3. The van der Waals surface area contributed by atoms with Crippen LogP contribution in [0.5, 0.6) is 0 Å². The van der Waals surface area contributed by atoms with Gasteiger partial charge in [-0.1, -0.05) is 0 Å². The molecule has 6 rings (SSSR count). The molecule has 0 aliphatic carbocycles. The normalized spacial score (nSPS) is 24.3. The Balaban J connectivity index is 1.42. The van der Waals surface area contributed by atoms with Crippen LogP contribution in [-0.2, 0) is 11.8 Å². The number of anilines is 1. The number of amides is 1. The summed E-state index contributed by atoms with van der Waals surface area (Å²) in [6.45, 7) is 3.07. The van der Waals surface area contributed by atoms with E-state index < -0.39 is 0 Å². The Morgan fingerprint density at radius 1 is 1.15 bits per heavy atom. The third kappa shape index (κ3) is 2.88. The Morgan fingerprint density at radius 3 is 2.63 bits per heavy atom. The third-order valence-electron chi connectivity index (χ3n) is 6.02. The molecule has 2 bridgehead atoms. The van der Waals surface area contributed by atoms with Gasteiger partial charge in [0.15, 0.2) is 0 Å². The lowest BCUT2D eigenvalue weighted by Gasteiger charge is -2.47. The molecule has 6 heterocycles. The van der Waals surface area contributed by atoms with E-state index in [1.165, 1.54) is 0 Å². The molecule has 0 saturated carbocycles. The Bertz CT molecular complexity index is 1000. The van der Waals surface area contributed by atoms with Crippen molar-refractivity contribution in [3.8, 4) is 11.3 Å². The average Bonchev–Trinajstić information content (AvgIpc) is 3.15. The summed E-state index contributed by atoms with van der Waals surface area (Å²) in [5.41, 5.74) is 2.42. The van der Waals surface area contributed by atoms with Crippen LogP contribution in [-0.4, -0.2) is 50.2 Å². The molecule has 7 nitrogen and oxygen atoms in total. The molecule has 3 fully saturated rings. The maximum absolute atomic E-state index is 13.0. The van der Waals surface area contributed by atoms with Crippen molar-refractivity contribution in [3.05, 3.63) is 36.8 Å². The van der Waals surface area contributed by atoms with Gasteiger partial charge in [-0.3, -0.25) is 9.48 Å². The summed E-state index contributed by atoms with van der Waals surface area (Å²) < 4.78 is 1.76. The van der Waals surface area contributed by atoms with E-state index in [9.17, 15) is 4.79 Å². The van der Waals surface area contributed by atoms with Crippen LogP contribution in [0.4, 0.5) is 5.82 Å². The predicted octanol–water partition coefficient (Wildman–Crippen LogP) is 2.45. The molecule has 3 aromatic rings. The monoisotopic (exact) mass is 362 g/mol. The van der Waals surface area contributed by atoms with Crippen LogP contribution < -0.4 is 5.32 Å². The van der Waals surface area contributed by atoms with Gasteiger partial charge in [-0.15, -0.1) is 0 Å². The largest absolute Gasteiger partial charge is 0.310 e. The lowest BCUT2D eigenvalue weighted by molar-refractivity contribution is -0.132. The van der Waals surface area contributed by atoms with Crippen LogP contribution in [0.2, 0.25) is 0 Å². The highest BCUT2D eigenvalue weighted by molar-refractivity contribution is 5.96. The van der Waals surface area contributed by atoms with Crippen LogP contribution in [0.1, 0.15) is 19.3 Å². The average molecular weight is 362 g/mol. The minimum Gasteiger partial charge on any atom is -0.310 e. The number of carbonyl (C=O) groups excluding carboxylic acids is 1. The maximum atomic E-state index is 13.0. The summed E-state index contributed by atoms with van der Waals surface area (Å²) in [4.78, 5) is 24.6. The number of aromatic nitrogens is 4. The molecule has 0 unspecified atom stereocenters. The van der Waals surface area contributed by atoms with E-state index >= 15 is 0 Å². The highest BCUT2D eigenvalue weighted by atomic mass is 16.2. The number of fused-ring (bicyclic) bond motifs is 4. The van der Waals surface area contributed by atoms with Crippen molar-refractivity contribution in [2.24, 2.45) is 12.5 Å². The van der Waals surface area contributed by atoms with Gasteiger partial charge in [0.1, 0.15) is 5.82 Å². The Labute approximate surface area is 157 Å². The Hall–Kier alpha value is -2.80. The van der Waals surface area contributed by atoms with Crippen molar-refractivity contribution in [2.45, 2.75) is 19.3 Å². The van der Waals surface area contributed by atoms with E-state index in [0.29, 0.717) is 5.82 Å². The second-order valence-electron chi connectivity index (χ2n) is 7.69. The Kier molecular flexibility index (Phi) is 3.72. The summed E-state index contributed by atoms with van der Waals surface area (Å²) in [5.74, 6) is 0.683. The van der Waals surface area contributed by atoms with Gasteiger partial charge in [0.2, 0.25) is 5.91 Å². The zero-order valence-electron chi connectivity index (χ0n) is 15.4. The van der Waals surface area contributed by atoms with Gasteiger partial charge in [0, 0.05) is 36.5 Å². The SMILES string of the molecule is Cn1cc(-c2ccc3cnc(NC(=O)C45CCN(CC4)CC5)cc3n2)cn1. The summed E-state index contributed by atoms with van der Waals surface area (Å²) >= 11 is 0. The number of pyridine rings is 2. The first-order valence-corrected chi connectivity index (χ1v) is 9.41. The van der Waals surface area contributed by atoms with E-state index in [0.717, 1.165) is 61.1 Å². The van der Waals surface area contributed by atoms with E-state index in [1.54, 1.807) is 17.1 Å². The van der Waals surface area contributed by atoms with Gasteiger partial charge in [-0.2, -0.15) is 5.10 Å². The number of hydrogen-bond acceptors (Lipinski definition) is 5. The number of hydrogen-bond donors (Lipinski definition) is 1. The summed E-state index contributed by atoms with van der Waals surface area (Å²) in [5, 5.41) is 8.21. The minimum atomic E-state index is -0.226. The molecule has 27 heavy (non-hydrogen) atoms. The smallest absolute Gasteiger partial charge is 0.231 e. The van der Waals surface area contributed by atoms with Crippen LogP contribution in [0.25, 0.3) is 22.2 Å². The highest BCUT2D eigenvalue weighted by Gasteiger charge is 2.45. The minimum absolute atomic E-state index is 0.108. The molecule has 0 radical (unpaired) electrons. The van der Waals surface area contributed by atoms with Crippen molar-refractivity contribution in [1.82, 2.24) is 24.6 Å². The van der Waals surface area contributed by atoms with Gasteiger partial charge >= 0.3 is 0 Å². The number of aryl methyl sites for hydroxylation is 1. The quantitative estimate of drug-likeness (QED) is 0.775. The number of carbonyl (C=O) groups is 1. The van der Waals surface area contributed by atoms with Crippen molar-refractivity contribution in [1.29, 1.82) is 0 Å². The van der Waals surface area contributed by atoms with Crippen molar-refractivity contribution < 1.29 is 4.79 Å². The van der Waals surface area contributed by atoms with E-state index in [1.807, 2.05) is 31.4 Å². The van der Waals surface area contributed by atoms with Gasteiger partial charge in [0.05, 0.1) is 22.8 Å². The lowest BCUT2D eigenvalue weighted by atomic mass is 9.71. The molecule has 3 aromatic heterocycles. The van der Waals surface area contributed by atoms with Gasteiger partial charge in [0.25, 0.3) is 0 Å². The predicted molar refractivity (Wildman–Crippen MR) is 103 cm³/mol. The number of nitrogens with one attached hydrogen (secondary N) is 1. The molecule has 1 N–H and O–H groups in total.